The van der Waals surface area contributed by atoms with Crippen molar-refractivity contribution in [2.45, 2.75) is 56.0 Å². The summed E-state index contributed by atoms with van der Waals surface area (Å²) in [6.45, 7) is 4.54. The average Bonchev–Trinajstić information content (AvgIpc) is 2.28. The lowest BCUT2D eigenvalue weighted by atomic mass is 9.75. The highest BCUT2D eigenvalue weighted by Crippen LogP contribution is 2.38. The van der Waals surface area contributed by atoms with E-state index in [4.69, 9.17) is 0 Å². The van der Waals surface area contributed by atoms with Crippen molar-refractivity contribution in [1.82, 2.24) is 0 Å². The van der Waals surface area contributed by atoms with E-state index in [1.807, 2.05) is 0 Å². The molecule has 1 atom stereocenters. The van der Waals surface area contributed by atoms with Crippen LogP contribution in [0.15, 0.2) is 29.2 Å². The highest BCUT2D eigenvalue weighted by atomic mass is 32.2. The summed E-state index contributed by atoms with van der Waals surface area (Å²) >= 11 is -0.0725. The number of benzene rings is 1. The van der Waals surface area contributed by atoms with Crippen LogP contribution in [0.3, 0.4) is 0 Å². The average molecular weight is 303 g/mol. The Bertz CT molecular complexity index is 439. The lowest BCUT2D eigenvalue weighted by molar-refractivity contribution is -0.0328. The molecule has 1 aliphatic rings. The molecule has 20 heavy (non-hydrogen) atoms. The number of anilines is 1. The minimum absolute atomic E-state index is 0.0725. The largest absolute Gasteiger partial charge is 0.446 e. The third-order valence-electron chi connectivity index (χ3n) is 3.66. The first-order chi connectivity index (χ1) is 9.23. The molecule has 1 nitrogen and oxygen atoms in total. The maximum Gasteiger partial charge on any atom is 0.446 e. The zero-order valence-corrected chi connectivity index (χ0v) is 12.6. The highest BCUT2D eigenvalue weighted by molar-refractivity contribution is 8.00. The number of rotatable bonds is 3. The zero-order chi connectivity index (χ0) is 14.8. The van der Waals surface area contributed by atoms with Crippen molar-refractivity contribution in [3.63, 3.8) is 0 Å². The van der Waals surface area contributed by atoms with Crippen LogP contribution in [0, 0.1) is 5.41 Å². The van der Waals surface area contributed by atoms with Gasteiger partial charge < -0.3 is 5.32 Å². The summed E-state index contributed by atoms with van der Waals surface area (Å²) in [5.41, 5.74) is -2.97. The molecule has 0 heterocycles. The molecule has 112 valence electrons. The van der Waals surface area contributed by atoms with Crippen LogP contribution in [0.5, 0.6) is 0 Å². The molecule has 1 fully saturated rings. The van der Waals surface area contributed by atoms with Gasteiger partial charge in [0.25, 0.3) is 0 Å². The second kappa shape index (κ2) is 5.88. The molecule has 0 saturated heterocycles. The standard InChI is InChI=1S/C15H20F3NS/c1-14(2)9-3-4-12(10-14)19-11-5-7-13(8-6-11)20-15(16,17)18/h5-8,12,19H,3-4,9-10H2,1-2H3. The smallest absolute Gasteiger partial charge is 0.382 e. The third-order valence-corrected chi connectivity index (χ3v) is 4.40. The number of alkyl halides is 3. The summed E-state index contributed by atoms with van der Waals surface area (Å²) in [5, 5.41) is 3.44. The number of nitrogens with one attached hydrogen (secondary N) is 1. The molecule has 0 radical (unpaired) electrons. The summed E-state index contributed by atoms with van der Waals surface area (Å²) in [6, 6.07) is 6.92. The van der Waals surface area contributed by atoms with Gasteiger partial charge >= 0.3 is 5.51 Å². The van der Waals surface area contributed by atoms with Crippen molar-refractivity contribution in [1.29, 1.82) is 0 Å². The van der Waals surface area contributed by atoms with Crippen molar-refractivity contribution in [3.8, 4) is 0 Å². The van der Waals surface area contributed by atoms with Gasteiger partial charge in [0.15, 0.2) is 0 Å². The predicted molar refractivity (Wildman–Crippen MR) is 78.0 cm³/mol. The molecule has 1 aliphatic carbocycles. The number of halogens is 3. The molecule has 2 rings (SSSR count). The minimum atomic E-state index is -4.22. The van der Waals surface area contributed by atoms with Gasteiger partial charge in [0.2, 0.25) is 0 Å². The van der Waals surface area contributed by atoms with Crippen molar-refractivity contribution >= 4 is 17.4 Å². The molecule has 5 heteroatoms. The Labute approximate surface area is 122 Å². The molecule has 0 bridgehead atoms. The Kier molecular flexibility index (Phi) is 4.57. The van der Waals surface area contributed by atoms with Crippen molar-refractivity contribution in [2.24, 2.45) is 5.41 Å². The third kappa shape index (κ3) is 4.93. The molecule has 0 spiro atoms. The number of hydrogen-bond acceptors (Lipinski definition) is 2. The second-order valence-electron chi connectivity index (χ2n) is 6.17. The predicted octanol–water partition coefficient (Wildman–Crippen LogP) is 5.68. The first-order valence-corrected chi connectivity index (χ1v) is 7.68. The summed E-state index contributed by atoms with van der Waals surface area (Å²) in [4.78, 5) is 0.229. The van der Waals surface area contributed by atoms with Gasteiger partial charge in [-0.05, 0) is 60.7 Å². The fraction of sp³-hybridized carbons (Fsp3) is 0.600. The molecule has 0 amide bonds. The highest BCUT2D eigenvalue weighted by Gasteiger charge is 2.29. The quantitative estimate of drug-likeness (QED) is 0.721. The van der Waals surface area contributed by atoms with Crippen LogP contribution >= 0.6 is 11.8 Å². The molecule has 0 aliphatic heterocycles. The molecule has 1 aromatic rings. The van der Waals surface area contributed by atoms with E-state index in [1.165, 1.54) is 25.0 Å². The van der Waals surface area contributed by atoms with Crippen LogP contribution in [0.4, 0.5) is 18.9 Å². The molecular weight excluding hydrogens is 283 g/mol. The molecule has 0 aromatic heterocycles. The topological polar surface area (TPSA) is 12.0 Å². The van der Waals surface area contributed by atoms with Gasteiger partial charge in [-0.25, -0.2) is 0 Å². The maximum atomic E-state index is 12.2. The Morgan fingerprint density at radius 2 is 1.85 bits per heavy atom. The maximum absolute atomic E-state index is 12.2. The molecule has 1 aromatic carbocycles. The van der Waals surface area contributed by atoms with E-state index in [0.717, 1.165) is 18.5 Å². The molecule has 1 saturated carbocycles. The fourth-order valence-electron chi connectivity index (χ4n) is 2.81. The van der Waals surface area contributed by atoms with E-state index >= 15 is 0 Å². The van der Waals surface area contributed by atoms with E-state index in [9.17, 15) is 13.2 Å². The van der Waals surface area contributed by atoms with Crippen molar-refractivity contribution in [2.75, 3.05) is 5.32 Å². The van der Waals surface area contributed by atoms with Crippen LogP contribution < -0.4 is 5.32 Å². The monoisotopic (exact) mass is 303 g/mol. The van der Waals surface area contributed by atoms with Gasteiger partial charge in [-0.3, -0.25) is 0 Å². The Balaban J connectivity index is 1.94. The lowest BCUT2D eigenvalue weighted by Crippen LogP contribution is -2.31. The zero-order valence-electron chi connectivity index (χ0n) is 11.8. The van der Waals surface area contributed by atoms with Crippen LogP contribution in [0.25, 0.3) is 0 Å². The van der Waals surface area contributed by atoms with Crippen LogP contribution in [-0.2, 0) is 0 Å². The first-order valence-electron chi connectivity index (χ1n) is 6.86. The summed E-state index contributed by atoms with van der Waals surface area (Å²) in [6.07, 6.45) is 4.67. The van der Waals surface area contributed by atoms with E-state index in [1.54, 1.807) is 12.1 Å². The summed E-state index contributed by atoms with van der Waals surface area (Å²) < 4.78 is 36.7. The van der Waals surface area contributed by atoms with Crippen LogP contribution in [0.1, 0.15) is 39.5 Å². The number of thioether (sulfide) groups is 1. The van der Waals surface area contributed by atoms with Gasteiger partial charge in [-0.2, -0.15) is 13.2 Å². The summed E-state index contributed by atoms with van der Waals surface area (Å²) in [5.74, 6) is 0. The van der Waals surface area contributed by atoms with Gasteiger partial charge in [0.1, 0.15) is 0 Å². The molecule has 1 unspecified atom stereocenters. The van der Waals surface area contributed by atoms with Crippen LogP contribution in [0.2, 0.25) is 0 Å². The Morgan fingerprint density at radius 3 is 2.40 bits per heavy atom. The van der Waals surface area contributed by atoms with Crippen molar-refractivity contribution < 1.29 is 13.2 Å². The van der Waals surface area contributed by atoms with E-state index in [0.29, 0.717) is 11.5 Å². The lowest BCUT2D eigenvalue weighted by Gasteiger charge is -2.36. The minimum Gasteiger partial charge on any atom is -0.382 e. The van der Waals surface area contributed by atoms with E-state index < -0.39 is 5.51 Å². The van der Waals surface area contributed by atoms with Crippen LogP contribution in [-0.4, -0.2) is 11.6 Å². The first kappa shape index (κ1) is 15.5. The SMILES string of the molecule is CC1(C)CCCC(Nc2ccc(SC(F)(F)F)cc2)C1. The number of hydrogen-bond donors (Lipinski definition) is 1. The van der Waals surface area contributed by atoms with E-state index in [2.05, 4.69) is 19.2 Å². The van der Waals surface area contributed by atoms with E-state index in [-0.39, 0.29) is 16.7 Å². The summed E-state index contributed by atoms with van der Waals surface area (Å²) in [7, 11) is 0. The second-order valence-corrected chi connectivity index (χ2v) is 7.31. The van der Waals surface area contributed by atoms with Gasteiger partial charge in [-0.15, -0.1) is 0 Å². The van der Waals surface area contributed by atoms with Gasteiger partial charge in [0.05, 0.1) is 0 Å². The Morgan fingerprint density at radius 1 is 1.20 bits per heavy atom. The molecular formula is C15H20F3NS. The van der Waals surface area contributed by atoms with Gasteiger partial charge in [0, 0.05) is 16.6 Å². The Hall–Kier alpha value is -0.840. The fourth-order valence-corrected chi connectivity index (χ4v) is 3.35. The van der Waals surface area contributed by atoms with Gasteiger partial charge in [-0.1, -0.05) is 20.3 Å². The normalized spacial score (nSPS) is 22.6. The van der Waals surface area contributed by atoms with Crippen molar-refractivity contribution in [3.05, 3.63) is 24.3 Å². The molecule has 1 N–H and O–H groups in total.